The molecule has 104 valence electrons. The minimum atomic E-state index is -0.684. The average Bonchev–Trinajstić information content (AvgIpc) is 2.38. The summed E-state index contributed by atoms with van der Waals surface area (Å²) in [7, 11) is 1.28. The van der Waals surface area contributed by atoms with Crippen molar-refractivity contribution in [2.45, 2.75) is 32.4 Å². The molecule has 0 spiro atoms. The molecule has 1 aromatic carbocycles. The number of carbonyl (C=O) groups excluding carboxylic acids is 2. The van der Waals surface area contributed by atoms with Gasteiger partial charge in [0, 0.05) is 0 Å². The Morgan fingerprint density at radius 1 is 1.21 bits per heavy atom. The van der Waals surface area contributed by atoms with Gasteiger partial charge in [-0.05, 0) is 26.3 Å². The fraction of sp³-hybridized carbons (Fsp3) is 0.429. The summed E-state index contributed by atoms with van der Waals surface area (Å²) in [6, 6.07) is 8.51. The highest BCUT2D eigenvalue weighted by Crippen LogP contribution is 2.18. The van der Waals surface area contributed by atoms with Gasteiger partial charge in [-0.3, -0.25) is 0 Å². The zero-order chi connectivity index (χ0) is 14.5. The fourth-order valence-corrected chi connectivity index (χ4v) is 1.68. The summed E-state index contributed by atoms with van der Waals surface area (Å²) in [5, 5.41) is 5.36. The third-order valence-electron chi connectivity index (χ3n) is 2.82. The lowest BCUT2D eigenvalue weighted by atomic mass is 9.95. The van der Waals surface area contributed by atoms with Crippen LogP contribution in [0.3, 0.4) is 0 Å². The van der Waals surface area contributed by atoms with Gasteiger partial charge in [0.15, 0.2) is 0 Å². The molecule has 5 nitrogen and oxygen atoms in total. The van der Waals surface area contributed by atoms with E-state index in [0.717, 1.165) is 5.56 Å². The highest BCUT2D eigenvalue weighted by molar-refractivity contribution is 5.83. The van der Waals surface area contributed by atoms with Crippen LogP contribution in [0.15, 0.2) is 30.3 Å². The first-order valence-electron chi connectivity index (χ1n) is 6.09. The Balaban J connectivity index is 2.64. The molecule has 0 saturated carbocycles. The molecule has 0 saturated heterocycles. The second kappa shape index (κ2) is 6.22. The lowest BCUT2D eigenvalue weighted by Crippen LogP contribution is -2.50. The van der Waals surface area contributed by atoms with E-state index in [1.54, 1.807) is 6.92 Å². The summed E-state index contributed by atoms with van der Waals surface area (Å²) in [5.41, 5.74) is 0.456. The minimum Gasteiger partial charge on any atom is -0.467 e. The number of benzene rings is 1. The minimum absolute atomic E-state index is 0.410. The largest absolute Gasteiger partial charge is 0.467 e. The first-order chi connectivity index (χ1) is 8.86. The molecule has 0 bridgehead atoms. The van der Waals surface area contributed by atoms with Crippen molar-refractivity contribution in [3.05, 3.63) is 35.9 Å². The van der Waals surface area contributed by atoms with Crippen molar-refractivity contribution >= 4 is 12.0 Å². The molecule has 1 rings (SSSR count). The van der Waals surface area contributed by atoms with Crippen LogP contribution in [-0.4, -0.2) is 25.2 Å². The van der Waals surface area contributed by atoms with E-state index in [2.05, 4.69) is 15.4 Å². The molecule has 19 heavy (non-hydrogen) atoms. The lowest BCUT2D eigenvalue weighted by molar-refractivity contribution is -0.142. The van der Waals surface area contributed by atoms with Crippen LogP contribution in [0.5, 0.6) is 0 Å². The number of amides is 2. The first-order valence-corrected chi connectivity index (χ1v) is 6.09. The number of hydrogen-bond acceptors (Lipinski definition) is 3. The summed E-state index contributed by atoms with van der Waals surface area (Å²) in [4.78, 5) is 23.1. The van der Waals surface area contributed by atoms with Crippen molar-refractivity contribution in [3.8, 4) is 0 Å². The maximum atomic E-state index is 11.8. The van der Waals surface area contributed by atoms with Crippen LogP contribution in [0.25, 0.3) is 0 Å². The Hall–Kier alpha value is -2.04. The van der Waals surface area contributed by atoms with Crippen LogP contribution in [0.2, 0.25) is 0 Å². The van der Waals surface area contributed by atoms with Crippen LogP contribution in [-0.2, 0) is 15.1 Å². The third kappa shape index (κ3) is 4.28. The van der Waals surface area contributed by atoms with Crippen molar-refractivity contribution in [2.75, 3.05) is 7.11 Å². The Kier molecular flexibility index (Phi) is 4.92. The molecule has 2 amide bonds. The number of ether oxygens (including phenoxy) is 1. The van der Waals surface area contributed by atoms with Gasteiger partial charge >= 0.3 is 12.0 Å². The lowest BCUT2D eigenvalue weighted by Gasteiger charge is -2.27. The molecular formula is C14H20N2O3. The molecule has 0 heterocycles. The van der Waals surface area contributed by atoms with Crippen molar-refractivity contribution in [1.82, 2.24) is 10.6 Å². The summed E-state index contributed by atoms with van der Waals surface area (Å²) in [6.07, 6.45) is 0. The van der Waals surface area contributed by atoms with E-state index in [0.29, 0.717) is 0 Å². The monoisotopic (exact) mass is 264 g/mol. The molecule has 0 fully saturated rings. The molecule has 2 N–H and O–H groups in total. The van der Waals surface area contributed by atoms with Gasteiger partial charge < -0.3 is 15.4 Å². The average molecular weight is 264 g/mol. The molecule has 0 radical (unpaired) electrons. The van der Waals surface area contributed by atoms with Gasteiger partial charge in [-0.15, -0.1) is 0 Å². The number of hydrogen-bond donors (Lipinski definition) is 2. The van der Waals surface area contributed by atoms with Crippen LogP contribution in [0.1, 0.15) is 26.3 Å². The number of carbonyl (C=O) groups is 2. The predicted molar refractivity (Wildman–Crippen MR) is 72.6 cm³/mol. The standard InChI is InChI=1S/C14H20N2O3/c1-10(12(17)19-4)15-13(18)16-14(2,3)11-8-6-5-7-9-11/h5-10H,1-4H3,(H2,15,16,18). The number of urea groups is 1. The van der Waals surface area contributed by atoms with Gasteiger partial charge in [-0.25, -0.2) is 9.59 Å². The summed E-state index contributed by atoms with van der Waals surface area (Å²) in [6.45, 7) is 5.36. The van der Waals surface area contributed by atoms with Gasteiger partial charge in [0.2, 0.25) is 0 Å². The van der Waals surface area contributed by atoms with E-state index >= 15 is 0 Å². The predicted octanol–water partition coefficient (Wildman–Crippen LogP) is 1.78. The van der Waals surface area contributed by atoms with Crippen molar-refractivity contribution in [2.24, 2.45) is 0 Å². The maximum absolute atomic E-state index is 11.8. The van der Waals surface area contributed by atoms with E-state index in [9.17, 15) is 9.59 Å². The Bertz CT molecular complexity index is 443. The summed E-state index contributed by atoms with van der Waals surface area (Å²) >= 11 is 0. The van der Waals surface area contributed by atoms with Crippen LogP contribution >= 0.6 is 0 Å². The van der Waals surface area contributed by atoms with Gasteiger partial charge in [-0.2, -0.15) is 0 Å². The number of methoxy groups -OCH3 is 1. The number of rotatable bonds is 4. The van der Waals surface area contributed by atoms with Crippen molar-refractivity contribution in [3.63, 3.8) is 0 Å². The third-order valence-corrected chi connectivity index (χ3v) is 2.82. The van der Waals surface area contributed by atoms with Gasteiger partial charge in [-0.1, -0.05) is 30.3 Å². The molecule has 1 unspecified atom stereocenters. The zero-order valence-electron chi connectivity index (χ0n) is 11.7. The van der Waals surface area contributed by atoms with E-state index in [1.165, 1.54) is 7.11 Å². The van der Waals surface area contributed by atoms with Crippen LogP contribution < -0.4 is 10.6 Å². The topological polar surface area (TPSA) is 67.4 Å². The molecule has 0 aliphatic rings. The molecule has 1 aromatic rings. The van der Waals surface area contributed by atoms with E-state index in [4.69, 9.17) is 0 Å². The highest BCUT2D eigenvalue weighted by atomic mass is 16.5. The van der Waals surface area contributed by atoms with Crippen molar-refractivity contribution in [1.29, 1.82) is 0 Å². The highest BCUT2D eigenvalue weighted by Gasteiger charge is 2.24. The number of nitrogens with one attached hydrogen (secondary N) is 2. The first kappa shape index (κ1) is 15.0. The SMILES string of the molecule is COC(=O)C(C)NC(=O)NC(C)(C)c1ccccc1. The Morgan fingerprint density at radius 2 is 1.79 bits per heavy atom. The van der Waals surface area contributed by atoms with E-state index < -0.39 is 23.6 Å². The Labute approximate surface area is 113 Å². The smallest absolute Gasteiger partial charge is 0.328 e. The molecule has 0 aliphatic carbocycles. The second-order valence-corrected chi connectivity index (χ2v) is 4.83. The molecule has 1 atom stereocenters. The molecule has 0 aliphatic heterocycles. The van der Waals surface area contributed by atoms with Gasteiger partial charge in [0.25, 0.3) is 0 Å². The van der Waals surface area contributed by atoms with Crippen molar-refractivity contribution < 1.29 is 14.3 Å². The summed E-state index contributed by atoms with van der Waals surface area (Å²) in [5.74, 6) is -0.479. The van der Waals surface area contributed by atoms with E-state index in [1.807, 2.05) is 44.2 Å². The van der Waals surface area contributed by atoms with Crippen LogP contribution in [0, 0.1) is 0 Å². The fourth-order valence-electron chi connectivity index (χ4n) is 1.68. The quantitative estimate of drug-likeness (QED) is 0.815. The van der Waals surface area contributed by atoms with Gasteiger partial charge in [0.05, 0.1) is 12.6 Å². The Morgan fingerprint density at radius 3 is 2.32 bits per heavy atom. The molecule has 0 aromatic heterocycles. The number of esters is 1. The van der Waals surface area contributed by atoms with Crippen LogP contribution in [0.4, 0.5) is 4.79 Å². The normalized spacial score (nSPS) is 12.4. The summed E-state index contributed by atoms with van der Waals surface area (Å²) < 4.78 is 4.55. The van der Waals surface area contributed by atoms with E-state index in [-0.39, 0.29) is 0 Å². The zero-order valence-corrected chi connectivity index (χ0v) is 11.7. The maximum Gasteiger partial charge on any atom is 0.328 e. The second-order valence-electron chi connectivity index (χ2n) is 4.83. The molecule has 5 heteroatoms. The van der Waals surface area contributed by atoms with Gasteiger partial charge in [0.1, 0.15) is 6.04 Å². The molecular weight excluding hydrogens is 244 g/mol.